The van der Waals surface area contributed by atoms with E-state index >= 15 is 0 Å². The van der Waals surface area contributed by atoms with Crippen LogP contribution in [0.25, 0.3) is 28.1 Å². The third kappa shape index (κ3) is 3.27. The molecule has 0 saturated carbocycles. The van der Waals surface area contributed by atoms with Gasteiger partial charge in [0.1, 0.15) is 23.7 Å². The van der Waals surface area contributed by atoms with E-state index in [0.29, 0.717) is 11.2 Å². The second-order valence-electron chi connectivity index (χ2n) is 7.87. The van der Waals surface area contributed by atoms with Crippen LogP contribution < -0.4 is 5.32 Å². The molecule has 2 aromatic carbocycles. The number of nitrogens with zero attached hydrogens (tertiary/aromatic N) is 6. The molecule has 33 heavy (non-hydrogen) atoms. The van der Waals surface area contributed by atoms with Crippen LogP contribution in [0.2, 0.25) is 0 Å². The van der Waals surface area contributed by atoms with Crippen LogP contribution >= 0.6 is 0 Å². The molecule has 11 heteroatoms. The van der Waals surface area contributed by atoms with Gasteiger partial charge in [0.2, 0.25) is 5.82 Å². The molecule has 166 valence electrons. The van der Waals surface area contributed by atoms with Gasteiger partial charge >= 0.3 is 6.18 Å². The van der Waals surface area contributed by atoms with Crippen LogP contribution in [0.1, 0.15) is 24.1 Å². The van der Waals surface area contributed by atoms with Crippen LogP contribution in [0.15, 0.2) is 60.9 Å². The largest absolute Gasteiger partial charge is 0.410 e. The van der Waals surface area contributed by atoms with Crippen molar-refractivity contribution in [3.8, 4) is 11.5 Å². The van der Waals surface area contributed by atoms with Crippen molar-refractivity contribution in [2.75, 3.05) is 5.32 Å². The molecule has 2 atom stereocenters. The Balaban J connectivity index is 1.44. The first-order valence-corrected chi connectivity index (χ1v) is 10.2. The first kappa shape index (κ1) is 19.6. The minimum Gasteiger partial charge on any atom is -0.363 e. The Bertz CT molecular complexity index is 1490. The van der Waals surface area contributed by atoms with Crippen LogP contribution in [-0.4, -0.2) is 35.5 Å². The van der Waals surface area contributed by atoms with Gasteiger partial charge in [0.05, 0.1) is 11.6 Å². The average Bonchev–Trinajstić information content (AvgIpc) is 3.42. The predicted octanol–water partition coefficient (Wildman–Crippen LogP) is 4.94. The van der Waals surface area contributed by atoms with E-state index in [1.807, 2.05) is 24.3 Å². The summed E-state index contributed by atoms with van der Waals surface area (Å²) in [6, 6.07) is 11.8. The third-order valence-electron chi connectivity index (χ3n) is 5.77. The number of rotatable bonds is 2. The van der Waals surface area contributed by atoms with Crippen molar-refractivity contribution in [1.82, 2.24) is 29.4 Å². The van der Waals surface area contributed by atoms with Crippen molar-refractivity contribution in [2.24, 2.45) is 0 Å². The van der Waals surface area contributed by atoms with Crippen molar-refractivity contribution in [3.05, 3.63) is 72.3 Å². The number of halogens is 4. The minimum atomic E-state index is -4.52. The zero-order chi connectivity index (χ0) is 22.7. The van der Waals surface area contributed by atoms with Gasteiger partial charge < -0.3 is 5.32 Å². The molecule has 7 nitrogen and oxygen atoms in total. The monoisotopic (exact) mass is 453 g/mol. The van der Waals surface area contributed by atoms with E-state index in [2.05, 4.69) is 25.5 Å². The summed E-state index contributed by atoms with van der Waals surface area (Å²) in [6.07, 6.45) is -3.30. The third-order valence-corrected chi connectivity index (χ3v) is 5.77. The maximum absolute atomic E-state index is 13.9. The lowest BCUT2D eigenvalue weighted by Gasteiger charge is -2.33. The van der Waals surface area contributed by atoms with Gasteiger partial charge in [-0.3, -0.25) is 0 Å². The lowest BCUT2D eigenvalue weighted by molar-refractivity contribution is -0.173. The lowest BCUT2D eigenvalue weighted by Crippen LogP contribution is -2.35. The lowest BCUT2D eigenvalue weighted by atomic mass is 9.97. The van der Waals surface area contributed by atoms with E-state index < -0.39 is 24.1 Å². The SMILES string of the molecule is Fc1ccc([C@@H]2C[C@@H](C(F)(F)F)n3nc(-c4nc5c6ccccc6ncn5n4)cc3N2)cc1. The number of para-hydroxylation sites is 1. The highest BCUT2D eigenvalue weighted by Gasteiger charge is 2.46. The second kappa shape index (κ2) is 6.99. The average molecular weight is 453 g/mol. The van der Waals surface area contributed by atoms with E-state index in [4.69, 9.17) is 0 Å². The molecule has 0 amide bonds. The summed E-state index contributed by atoms with van der Waals surface area (Å²) in [6.45, 7) is 0. The van der Waals surface area contributed by atoms with Gasteiger partial charge in [-0.25, -0.2) is 23.6 Å². The molecular weight excluding hydrogens is 438 g/mol. The van der Waals surface area contributed by atoms with Gasteiger partial charge in [-0.1, -0.05) is 24.3 Å². The van der Waals surface area contributed by atoms with Crippen molar-refractivity contribution in [3.63, 3.8) is 0 Å². The molecule has 0 unspecified atom stereocenters. The highest BCUT2D eigenvalue weighted by molar-refractivity contribution is 5.91. The standard InChI is InChI=1S/C22H15F4N7/c23-13-7-5-12(6-8-13)16-9-18(22(24,25)26)33-19(28-16)10-17(30-33)20-29-21-14-3-1-2-4-15(14)27-11-32(21)31-20/h1-8,10-11,16,18,28H,9H2/t16-,18-/m0/s1. The highest BCUT2D eigenvalue weighted by atomic mass is 19.4. The number of fused-ring (bicyclic) bond motifs is 4. The molecule has 1 aliphatic rings. The molecule has 6 rings (SSSR count). The molecule has 4 heterocycles. The minimum absolute atomic E-state index is 0.190. The Morgan fingerprint density at radius 2 is 1.79 bits per heavy atom. The molecule has 1 N–H and O–H groups in total. The number of nitrogens with one attached hydrogen (secondary N) is 1. The first-order valence-electron chi connectivity index (χ1n) is 10.2. The van der Waals surface area contributed by atoms with E-state index in [-0.39, 0.29) is 23.8 Å². The van der Waals surface area contributed by atoms with Crippen molar-refractivity contribution >= 4 is 22.4 Å². The van der Waals surface area contributed by atoms with Crippen LogP contribution in [-0.2, 0) is 0 Å². The Labute approximate surface area is 183 Å². The van der Waals surface area contributed by atoms with E-state index in [9.17, 15) is 17.6 Å². The normalized spacial score (nSPS) is 18.4. The van der Waals surface area contributed by atoms with Crippen LogP contribution in [0, 0.1) is 5.82 Å². The van der Waals surface area contributed by atoms with Crippen molar-refractivity contribution < 1.29 is 17.6 Å². The maximum Gasteiger partial charge on any atom is 0.410 e. The van der Waals surface area contributed by atoms with Crippen molar-refractivity contribution in [2.45, 2.75) is 24.7 Å². The number of anilines is 1. The van der Waals surface area contributed by atoms with Gasteiger partial charge in [0, 0.05) is 17.9 Å². The Morgan fingerprint density at radius 3 is 2.58 bits per heavy atom. The summed E-state index contributed by atoms with van der Waals surface area (Å²) in [4.78, 5) is 8.84. The van der Waals surface area contributed by atoms with E-state index in [0.717, 1.165) is 15.6 Å². The quantitative estimate of drug-likeness (QED) is 0.384. The Hall–Kier alpha value is -4.02. The predicted molar refractivity (Wildman–Crippen MR) is 112 cm³/mol. The van der Waals surface area contributed by atoms with Crippen LogP contribution in [0.4, 0.5) is 23.4 Å². The highest BCUT2D eigenvalue weighted by Crippen LogP contribution is 2.44. The Morgan fingerprint density at radius 1 is 1.00 bits per heavy atom. The van der Waals surface area contributed by atoms with Gasteiger partial charge in [-0.2, -0.15) is 18.3 Å². The Kier molecular flexibility index (Phi) is 4.16. The smallest absolute Gasteiger partial charge is 0.363 e. The number of aromatic nitrogens is 6. The van der Waals surface area contributed by atoms with Gasteiger partial charge in [0.15, 0.2) is 11.7 Å². The number of hydrogen-bond acceptors (Lipinski definition) is 5. The summed E-state index contributed by atoms with van der Waals surface area (Å²) in [5.74, 6) is -0.0694. The summed E-state index contributed by atoms with van der Waals surface area (Å²) < 4.78 is 57.5. The summed E-state index contributed by atoms with van der Waals surface area (Å²) in [5, 5.41) is 12.4. The molecule has 0 bridgehead atoms. The molecule has 0 spiro atoms. The van der Waals surface area contributed by atoms with Crippen molar-refractivity contribution in [1.29, 1.82) is 0 Å². The fraction of sp³-hybridized carbons (Fsp3) is 0.182. The molecule has 1 aliphatic heterocycles. The molecule has 0 aliphatic carbocycles. The molecule has 3 aromatic heterocycles. The first-order chi connectivity index (χ1) is 15.9. The zero-order valence-electron chi connectivity index (χ0n) is 16.8. The summed E-state index contributed by atoms with van der Waals surface area (Å²) >= 11 is 0. The zero-order valence-corrected chi connectivity index (χ0v) is 16.8. The number of hydrogen-bond donors (Lipinski definition) is 1. The molecule has 0 fully saturated rings. The molecule has 0 radical (unpaired) electrons. The van der Waals surface area contributed by atoms with E-state index in [1.165, 1.54) is 41.2 Å². The fourth-order valence-corrected chi connectivity index (χ4v) is 4.18. The maximum atomic E-state index is 13.9. The summed E-state index contributed by atoms with van der Waals surface area (Å²) in [5.41, 5.74) is 2.03. The van der Waals surface area contributed by atoms with Crippen LogP contribution in [0.5, 0.6) is 0 Å². The van der Waals surface area contributed by atoms with Crippen LogP contribution in [0.3, 0.4) is 0 Å². The van der Waals surface area contributed by atoms with Gasteiger partial charge in [-0.05, 0) is 29.8 Å². The van der Waals surface area contributed by atoms with E-state index in [1.54, 1.807) is 0 Å². The number of alkyl halides is 3. The van der Waals surface area contributed by atoms with Gasteiger partial charge in [0.25, 0.3) is 0 Å². The summed E-state index contributed by atoms with van der Waals surface area (Å²) in [7, 11) is 0. The molecule has 0 saturated heterocycles. The van der Waals surface area contributed by atoms with Gasteiger partial charge in [-0.15, -0.1) is 5.10 Å². The fourth-order valence-electron chi connectivity index (χ4n) is 4.18. The molecule has 5 aromatic rings. The topological polar surface area (TPSA) is 72.9 Å². The number of benzene rings is 2. The second-order valence-corrected chi connectivity index (χ2v) is 7.87. The molecular formula is C22H15F4N7.